The normalized spacial score (nSPS) is 10.8. The van der Waals surface area contributed by atoms with Crippen LogP contribution in [0.4, 0.5) is 8.78 Å². The van der Waals surface area contributed by atoms with Crippen LogP contribution >= 0.6 is 0 Å². The van der Waals surface area contributed by atoms with E-state index in [2.05, 4.69) is 13.2 Å². The number of carbonyl (C=O) groups excluding carboxylic acids is 4. The van der Waals surface area contributed by atoms with Gasteiger partial charge in [0.2, 0.25) is 5.75 Å². The van der Waals surface area contributed by atoms with Gasteiger partial charge in [-0.3, -0.25) is 0 Å². The summed E-state index contributed by atoms with van der Waals surface area (Å²) in [6.45, 7) is 8.80. The largest absolute Gasteiger partial charge is 0.494 e. The smallest absolute Gasteiger partial charge is 0.343 e. The maximum Gasteiger partial charge on any atom is 0.343 e. The SMILES string of the molecule is C=CC(=O)OCCCCCCCCCCCCCCOc1ccc(C(=O)Oc2cc(F)c(OC(=O)c3ccc(OCCCCCCCCCCCCCCOC(=O)C=C)cc3)c(F)c2)cc1. The van der Waals surface area contributed by atoms with Crippen LogP contribution in [0.25, 0.3) is 0 Å². The van der Waals surface area contributed by atoms with Gasteiger partial charge in [0.1, 0.15) is 17.2 Å². The molecule has 0 radical (unpaired) electrons. The first-order valence-electron chi connectivity index (χ1n) is 24.2. The molecular weight excluding hydrogens is 847 g/mol. The molecule has 12 heteroatoms. The molecule has 10 nitrogen and oxygen atoms in total. The number of esters is 4. The average Bonchev–Trinajstić information content (AvgIpc) is 3.32. The minimum Gasteiger partial charge on any atom is -0.494 e. The predicted molar refractivity (Wildman–Crippen MR) is 253 cm³/mol. The molecule has 0 heterocycles. The van der Waals surface area contributed by atoms with Gasteiger partial charge in [-0.05, 0) is 74.2 Å². The van der Waals surface area contributed by atoms with E-state index in [0.717, 1.165) is 82.8 Å². The third-order valence-corrected chi connectivity index (χ3v) is 11.0. The summed E-state index contributed by atoms with van der Waals surface area (Å²) in [5.74, 6) is -4.99. The van der Waals surface area contributed by atoms with Crippen LogP contribution in [0.5, 0.6) is 23.0 Å². The van der Waals surface area contributed by atoms with Crippen molar-refractivity contribution in [1.82, 2.24) is 0 Å². The zero-order chi connectivity index (χ0) is 47.5. The fourth-order valence-electron chi connectivity index (χ4n) is 7.17. The number of carbonyl (C=O) groups is 4. The molecule has 3 aromatic carbocycles. The Bertz CT molecular complexity index is 1840. The molecule has 0 amide bonds. The number of halogens is 2. The fraction of sp³-hybridized carbons (Fsp3) is 0.519. The number of benzene rings is 3. The number of rotatable bonds is 38. The molecule has 0 fully saturated rings. The summed E-state index contributed by atoms with van der Waals surface area (Å²) in [4.78, 5) is 47.5. The van der Waals surface area contributed by atoms with E-state index in [1.54, 1.807) is 24.3 Å². The summed E-state index contributed by atoms with van der Waals surface area (Å²) in [6.07, 6.45) is 29.6. The van der Waals surface area contributed by atoms with Crippen molar-refractivity contribution in [2.45, 2.75) is 154 Å². The summed E-state index contributed by atoms with van der Waals surface area (Å²) in [5, 5.41) is 0. The van der Waals surface area contributed by atoms with E-state index in [1.165, 1.54) is 120 Å². The predicted octanol–water partition coefficient (Wildman–Crippen LogP) is 14.0. The molecule has 0 aliphatic rings. The van der Waals surface area contributed by atoms with Gasteiger partial charge in [-0.1, -0.05) is 142 Å². The van der Waals surface area contributed by atoms with Crippen LogP contribution in [0.3, 0.4) is 0 Å². The van der Waals surface area contributed by atoms with Crippen LogP contribution < -0.4 is 18.9 Å². The van der Waals surface area contributed by atoms with Gasteiger partial charge in [-0.25, -0.2) is 28.0 Å². The lowest BCUT2D eigenvalue weighted by Gasteiger charge is -2.11. The Kier molecular flexibility index (Phi) is 28.9. The van der Waals surface area contributed by atoms with Crippen molar-refractivity contribution < 1.29 is 56.4 Å². The van der Waals surface area contributed by atoms with E-state index in [9.17, 15) is 28.0 Å². The maximum atomic E-state index is 14.9. The lowest BCUT2D eigenvalue weighted by atomic mass is 10.1. The van der Waals surface area contributed by atoms with Crippen molar-refractivity contribution in [1.29, 1.82) is 0 Å². The third kappa shape index (κ3) is 24.7. The van der Waals surface area contributed by atoms with Crippen molar-refractivity contribution in [2.75, 3.05) is 26.4 Å². The molecule has 0 saturated carbocycles. The molecule has 3 aromatic rings. The van der Waals surface area contributed by atoms with E-state index in [-0.39, 0.29) is 28.8 Å². The first-order chi connectivity index (χ1) is 32.2. The summed E-state index contributed by atoms with van der Waals surface area (Å²) in [5.41, 5.74) is 0.252. The van der Waals surface area contributed by atoms with Gasteiger partial charge in [0.15, 0.2) is 11.6 Å². The fourth-order valence-corrected chi connectivity index (χ4v) is 7.17. The number of ether oxygens (including phenoxy) is 6. The van der Waals surface area contributed by atoms with Crippen LogP contribution in [-0.4, -0.2) is 50.3 Å². The summed E-state index contributed by atoms with van der Waals surface area (Å²) >= 11 is 0. The molecule has 0 spiro atoms. The van der Waals surface area contributed by atoms with E-state index < -0.39 is 29.3 Å². The minimum atomic E-state index is -1.20. The molecule has 0 aliphatic heterocycles. The lowest BCUT2D eigenvalue weighted by Crippen LogP contribution is -2.12. The zero-order valence-corrected chi connectivity index (χ0v) is 39.0. The molecule has 0 aromatic heterocycles. The van der Waals surface area contributed by atoms with Crippen LogP contribution in [0.15, 0.2) is 86.0 Å². The van der Waals surface area contributed by atoms with Gasteiger partial charge < -0.3 is 28.4 Å². The Morgan fingerprint density at radius 2 is 0.682 bits per heavy atom. The molecule has 3 rings (SSSR count). The van der Waals surface area contributed by atoms with Crippen LogP contribution in [0.1, 0.15) is 175 Å². The van der Waals surface area contributed by atoms with Crippen LogP contribution in [0, 0.1) is 11.6 Å². The first-order valence-corrected chi connectivity index (χ1v) is 24.2. The van der Waals surface area contributed by atoms with Crippen molar-refractivity contribution in [3.63, 3.8) is 0 Å². The molecule has 0 aliphatic carbocycles. The quantitative estimate of drug-likeness (QED) is 0.0237. The summed E-state index contributed by atoms with van der Waals surface area (Å²) < 4.78 is 61.7. The number of hydrogen-bond donors (Lipinski definition) is 0. The van der Waals surface area contributed by atoms with Gasteiger partial charge in [-0.15, -0.1) is 0 Å². The van der Waals surface area contributed by atoms with Crippen molar-refractivity contribution in [3.05, 3.63) is 109 Å². The number of unbranched alkanes of at least 4 members (excludes halogenated alkanes) is 22. The molecule has 0 bridgehead atoms. The molecular formula is C54H72F2O10. The van der Waals surface area contributed by atoms with Crippen LogP contribution in [0.2, 0.25) is 0 Å². The summed E-state index contributed by atoms with van der Waals surface area (Å²) in [6, 6.07) is 14.0. The van der Waals surface area contributed by atoms with E-state index in [4.69, 9.17) is 28.4 Å². The zero-order valence-electron chi connectivity index (χ0n) is 39.0. The van der Waals surface area contributed by atoms with Crippen molar-refractivity contribution in [3.8, 4) is 23.0 Å². The van der Waals surface area contributed by atoms with Crippen LogP contribution in [-0.2, 0) is 19.1 Å². The first kappa shape index (κ1) is 54.8. The van der Waals surface area contributed by atoms with Gasteiger partial charge in [-0.2, -0.15) is 0 Å². The second kappa shape index (κ2) is 34.8. The molecule has 66 heavy (non-hydrogen) atoms. The molecule has 0 atom stereocenters. The van der Waals surface area contributed by atoms with Gasteiger partial charge in [0, 0.05) is 24.3 Å². The molecule has 362 valence electrons. The Hall–Kier alpha value is -5.52. The van der Waals surface area contributed by atoms with E-state index >= 15 is 0 Å². The lowest BCUT2D eigenvalue weighted by molar-refractivity contribution is -0.138. The van der Waals surface area contributed by atoms with E-state index in [1.807, 2.05) is 0 Å². The molecule has 0 N–H and O–H groups in total. The van der Waals surface area contributed by atoms with Gasteiger partial charge in [0.05, 0.1) is 37.6 Å². The third-order valence-electron chi connectivity index (χ3n) is 11.0. The maximum absolute atomic E-state index is 14.9. The highest BCUT2D eigenvalue weighted by Crippen LogP contribution is 2.29. The Labute approximate surface area is 391 Å². The van der Waals surface area contributed by atoms with Gasteiger partial charge >= 0.3 is 23.9 Å². The van der Waals surface area contributed by atoms with E-state index in [0.29, 0.717) is 37.9 Å². The van der Waals surface area contributed by atoms with Crippen molar-refractivity contribution >= 4 is 23.9 Å². The topological polar surface area (TPSA) is 124 Å². The Morgan fingerprint density at radius 3 is 1.00 bits per heavy atom. The second-order valence-electron chi connectivity index (χ2n) is 16.5. The number of hydrogen-bond acceptors (Lipinski definition) is 10. The highest BCUT2D eigenvalue weighted by Gasteiger charge is 2.20. The molecule has 0 unspecified atom stereocenters. The summed E-state index contributed by atoms with van der Waals surface area (Å²) in [7, 11) is 0. The minimum absolute atomic E-state index is 0.0836. The average molecular weight is 919 g/mol. The standard InChI is InChI=1S/C54H72F2O10/c1-3-50(57)63-39-27-23-19-15-11-7-5-9-13-17-21-25-37-61-45-33-29-43(30-34-45)53(59)65-47-41-48(55)52(49(56)42-47)66-54(60)44-31-35-46(36-32-44)62-38-26-22-18-14-10-6-8-12-16-20-24-28-40-64-51(58)4-2/h3-4,29-36,41-42H,1-2,5-28,37-40H2. The van der Waals surface area contributed by atoms with Crippen molar-refractivity contribution in [2.24, 2.45) is 0 Å². The highest BCUT2D eigenvalue weighted by molar-refractivity contribution is 5.92. The Balaban J connectivity index is 1.22. The second-order valence-corrected chi connectivity index (χ2v) is 16.5. The van der Waals surface area contributed by atoms with Gasteiger partial charge in [0.25, 0.3) is 0 Å². The molecule has 0 saturated heterocycles. The highest BCUT2D eigenvalue weighted by atomic mass is 19.1. The monoisotopic (exact) mass is 919 g/mol. The Morgan fingerprint density at radius 1 is 0.394 bits per heavy atom.